The van der Waals surface area contributed by atoms with Gasteiger partial charge in [0.1, 0.15) is 5.82 Å². The second-order valence-corrected chi connectivity index (χ2v) is 11.8. The van der Waals surface area contributed by atoms with Crippen molar-refractivity contribution >= 4 is 55.0 Å². The van der Waals surface area contributed by atoms with Gasteiger partial charge < -0.3 is 9.13 Å². The number of benzene rings is 6. The van der Waals surface area contributed by atoms with Gasteiger partial charge in [0.2, 0.25) is 0 Å². The van der Waals surface area contributed by atoms with Crippen molar-refractivity contribution in [3.63, 3.8) is 0 Å². The average Bonchev–Trinajstić information content (AvgIpc) is 3.68. The molecule has 0 radical (unpaired) electrons. The fourth-order valence-corrected chi connectivity index (χ4v) is 6.91. The molecule has 8 aromatic rings. The van der Waals surface area contributed by atoms with E-state index >= 15 is 4.39 Å². The first kappa shape index (κ1) is 30.1. The van der Waals surface area contributed by atoms with Crippen LogP contribution in [0.25, 0.3) is 75.8 Å². The highest BCUT2D eigenvalue weighted by Gasteiger charge is 2.25. The van der Waals surface area contributed by atoms with Crippen LogP contribution in [0, 0.1) is 64.3 Å². The standard InChI is InChI=1S/C42H17FN8/c1-48-28-6-11-38-33(18-28)34-19-29(49-2)7-12-39(34)51(38)41-17-27(23-47)16-40(42(41)30-8-3-26(22-46)15-35(30)43)50-36-9-4-24(20-44)13-31(36)32-14-25(21-45)5-10-37(32)50/h3-19H. The van der Waals surface area contributed by atoms with Gasteiger partial charge in [0, 0.05) is 21.9 Å². The SMILES string of the molecule is [C-]#[N+]c1ccc2c(c1)c1cc([N+]#[C-])ccc1n2-c1cc(C#N)cc(-n2c3ccc(C#N)cc3c3cc(C#N)ccc32)c1-c1ccc(C#N)cc1F. The summed E-state index contributed by atoms with van der Waals surface area (Å²) in [5, 5.41) is 42.4. The van der Waals surface area contributed by atoms with Gasteiger partial charge in [-0.3, -0.25) is 0 Å². The molecule has 6 aromatic carbocycles. The summed E-state index contributed by atoms with van der Waals surface area (Å²) >= 11 is 0. The summed E-state index contributed by atoms with van der Waals surface area (Å²) < 4.78 is 20.2. The van der Waals surface area contributed by atoms with Crippen molar-refractivity contribution < 1.29 is 4.39 Å². The number of hydrogen-bond acceptors (Lipinski definition) is 4. The minimum absolute atomic E-state index is 0.133. The van der Waals surface area contributed by atoms with Gasteiger partial charge in [0.15, 0.2) is 11.4 Å². The Morgan fingerprint density at radius 1 is 0.471 bits per heavy atom. The maximum atomic E-state index is 16.4. The van der Waals surface area contributed by atoms with Crippen LogP contribution in [0.4, 0.5) is 15.8 Å². The molecule has 0 saturated heterocycles. The summed E-state index contributed by atoms with van der Waals surface area (Å²) in [5.74, 6) is -0.660. The van der Waals surface area contributed by atoms with Crippen LogP contribution in [-0.4, -0.2) is 9.13 Å². The number of nitrogens with zero attached hydrogens (tertiary/aromatic N) is 8. The van der Waals surface area contributed by atoms with Crippen LogP contribution in [0.1, 0.15) is 22.3 Å². The van der Waals surface area contributed by atoms with Crippen molar-refractivity contribution in [2.24, 2.45) is 0 Å². The Balaban J connectivity index is 1.61. The van der Waals surface area contributed by atoms with Gasteiger partial charge in [-0.2, -0.15) is 21.0 Å². The molecule has 0 atom stereocenters. The molecule has 232 valence electrons. The summed E-state index contributed by atoms with van der Waals surface area (Å²) in [4.78, 5) is 7.24. The Kier molecular flexibility index (Phi) is 6.79. The molecule has 0 amide bonds. The van der Waals surface area contributed by atoms with Crippen molar-refractivity contribution in [1.29, 1.82) is 21.0 Å². The highest BCUT2D eigenvalue weighted by Crippen LogP contribution is 2.44. The molecule has 0 saturated carbocycles. The smallest absolute Gasteiger partial charge is 0.188 e. The Hall–Kier alpha value is -8.21. The number of fused-ring (bicyclic) bond motifs is 6. The molecular formula is C42H17FN8. The van der Waals surface area contributed by atoms with E-state index in [0.29, 0.717) is 83.1 Å². The first-order valence-corrected chi connectivity index (χ1v) is 15.4. The van der Waals surface area contributed by atoms with Gasteiger partial charge in [-0.15, -0.1) is 0 Å². The molecule has 51 heavy (non-hydrogen) atoms. The van der Waals surface area contributed by atoms with E-state index in [2.05, 4.69) is 27.9 Å². The molecule has 8 nitrogen and oxygen atoms in total. The van der Waals surface area contributed by atoms with Crippen LogP contribution in [0.15, 0.2) is 103 Å². The lowest BCUT2D eigenvalue weighted by Crippen LogP contribution is -2.06. The average molecular weight is 653 g/mol. The first-order chi connectivity index (χ1) is 24.9. The predicted molar refractivity (Wildman–Crippen MR) is 192 cm³/mol. The summed E-state index contributed by atoms with van der Waals surface area (Å²) in [7, 11) is 0. The van der Waals surface area contributed by atoms with Crippen molar-refractivity contribution in [1.82, 2.24) is 9.13 Å². The Bertz CT molecular complexity index is 2810. The van der Waals surface area contributed by atoms with E-state index in [-0.39, 0.29) is 16.7 Å². The lowest BCUT2D eigenvalue weighted by Gasteiger charge is -2.21. The predicted octanol–water partition coefficient (Wildman–Crippen LogP) is 10.3. The molecule has 0 aliphatic carbocycles. The second-order valence-electron chi connectivity index (χ2n) is 11.8. The van der Waals surface area contributed by atoms with Crippen molar-refractivity contribution in [3.8, 4) is 46.8 Å². The number of halogens is 1. The maximum Gasteiger partial charge on any atom is 0.188 e. The number of rotatable bonds is 3. The molecular weight excluding hydrogens is 636 g/mol. The third-order valence-electron chi connectivity index (χ3n) is 9.09. The van der Waals surface area contributed by atoms with E-state index in [9.17, 15) is 21.0 Å². The van der Waals surface area contributed by atoms with Gasteiger partial charge in [-0.05, 0) is 102 Å². The van der Waals surface area contributed by atoms with Gasteiger partial charge in [0.05, 0.1) is 93.1 Å². The molecule has 0 unspecified atom stereocenters. The van der Waals surface area contributed by atoms with E-state index in [1.807, 2.05) is 15.2 Å². The van der Waals surface area contributed by atoms with Crippen LogP contribution >= 0.6 is 0 Å². The maximum absolute atomic E-state index is 16.4. The zero-order valence-corrected chi connectivity index (χ0v) is 26.3. The lowest BCUT2D eigenvalue weighted by molar-refractivity contribution is 0.630. The molecule has 0 spiro atoms. The monoisotopic (exact) mass is 652 g/mol. The minimum Gasteiger partial charge on any atom is -0.309 e. The van der Waals surface area contributed by atoms with E-state index in [4.69, 9.17) is 13.1 Å². The molecule has 0 N–H and O–H groups in total. The minimum atomic E-state index is -0.660. The van der Waals surface area contributed by atoms with Gasteiger partial charge in [0.25, 0.3) is 0 Å². The summed E-state index contributed by atoms with van der Waals surface area (Å²) in [6.07, 6.45) is 0. The van der Waals surface area contributed by atoms with Crippen LogP contribution in [0.2, 0.25) is 0 Å². The van der Waals surface area contributed by atoms with Crippen molar-refractivity contribution in [2.75, 3.05) is 0 Å². The summed E-state index contributed by atoms with van der Waals surface area (Å²) in [5.41, 5.74) is 6.09. The van der Waals surface area contributed by atoms with Crippen LogP contribution in [0.3, 0.4) is 0 Å². The van der Waals surface area contributed by atoms with Gasteiger partial charge >= 0.3 is 0 Å². The normalized spacial score (nSPS) is 10.7. The first-order valence-electron chi connectivity index (χ1n) is 15.4. The fourth-order valence-electron chi connectivity index (χ4n) is 6.91. The third kappa shape index (κ3) is 4.53. The van der Waals surface area contributed by atoms with Crippen LogP contribution < -0.4 is 0 Å². The van der Waals surface area contributed by atoms with E-state index in [0.717, 1.165) is 0 Å². The molecule has 0 bridgehead atoms. The molecule has 2 heterocycles. The molecule has 0 aliphatic rings. The van der Waals surface area contributed by atoms with Crippen LogP contribution in [-0.2, 0) is 0 Å². The van der Waals surface area contributed by atoms with E-state index < -0.39 is 5.82 Å². The molecule has 8 rings (SSSR count). The summed E-state index contributed by atoms with van der Waals surface area (Å²) in [6.45, 7) is 15.3. The topological polar surface area (TPSA) is 114 Å². The van der Waals surface area contributed by atoms with E-state index in [1.54, 1.807) is 91.0 Å². The third-order valence-corrected chi connectivity index (χ3v) is 9.09. The Labute approximate surface area is 289 Å². The van der Waals surface area contributed by atoms with E-state index in [1.165, 1.54) is 12.1 Å². The zero-order valence-electron chi connectivity index (χ0n) is 26.3. The largest absolute Gasteiger partial charge is 0.309 e. The number of aromatic nitrogens is 2. The molecule has 0 fully saturated rings. The Morgan fingerprint density at radius 2 is 0.863 bits per heavy atom. The highest BCUT2D eigenvalue weighted by molar-refractivity contribution is 6.13. The quantitative estimate of drug-likeness (QED) is 0.177. The van der Waals surface area contributed by atoms with Gasteiger partial charge in [-0.1, -0.05) is 12.1 Å². The number of nitriles is 4. The lowest BCUT2D eigenvalue weighted by atomic mass is 9.96. The second kappa shape index (κ2) is 11.5. The molecule has 9 heteroatoms. The van der Waals surface area contributed by atoms with Crippen molar-refractivity contribution in [3.05, 3.63) is 154 Å². The summed E-state index contributed by atoms with van der Waals surface area (Å²) in [6, 6.07) is 37.1. The molecule has 2 aromatic heterocycles. The van der Waals surface area contributed by atoms with Crippen molar-refractivity contribution in [2.45, 2.75) is 0 Å². The van der Waals surface area contributed by atoms with Gasteiger partial charge in [-0.25, -0.2) is 14.1 Å². The molecule has 0 aliphatic heterocycles. The van der Waals surface area contributed by atoms with Crippen LogP contribution in [0.5, 0.6) is 0 Å². The Morgan fingerprint density at radius 3 is 1.27 bits per heavy atom. The number of hydrogen-bond donors (Lipinski definition) is 0. The fraction of sp³-hybridized carbons (Fsp3) is 0. The highest BCUT2D eigenvalue weighted by atomic mass is 19.1. The zero-order chi connectivity index (χ0) is 35.4.